The summed E-state index contributed by atoms with van der Waals surface area (Å²) in [5.41, 5.74) is 1.32. The van der Waals surface area contributed by atoms with Crippen molar-refractivity contribution in [3.63, 3.8) is 0 Å². The minimum absolute atomic E-state index is 0. The van der Waals surface area contributed by atoms with Crippen molar-refractivity contribution >= 4 is 5.84 Å². The van der Waals surface area contributed by atoms with E-state index in [1.54, 1.807) is 0 Å². The van der Waals surface area contributed by atoms with Crippen LogP contribution in [0.2, 0.25) is 0 Å². The minimum atomic E-state index is 0. The Morgan fingerprint density at radius 2 is 2.00 bits per heavy atom. The Morgan fingerprint density at radius 1 is 1.23 bits per heavy atom. The van der Waals surface area contributed by atoms with E-state index in [1.165, 1.54) is 5.56 Å². The minimum Gasteiger partial charge on any atom is -0.372 e. The number of amidine groups is 1. The molecule has 1 radical (unpaired) electrons. The molecular weight excluding hydrogens is 164 g/mol. The maximum absolute atomic E-state index is 4.34. The van der Waals surface area contributed by atoms with Crippen molar-refractivity contribution in [2.45, 2.75) is 6.42 Å². The Morgan fingerprint density at radius 3 is 2.62 bits per heavy atom. The molecule has 69 valence electrons. The lowest BCUT2D eigenvalue weighted by Gasteiger charge is -2.00. The highest BCUT2D eigenvalue weighted by Gasteiger charge is 2.04. The molecule has 2 rings (SSSR count). The second-order valence-electron chi connectivity index (χ2n) is 2.92. The molecule has 1 aromatic carbocycles. The maximum atomic E-state index is 4.34. The molecule has 1 aliphatic rings. The molecule has 0 saturated carbocycles. The normalized spacial score (nSPS) is 14.3. The molecule has 0 fully saturated rings. The predicted octanol–water partition coefficient (Wildman–Crippen LogP) is 1.05. The van der Waals surface area contributed by atoms with Crippen LogP contribution in [0.4, 0.5) is 0 Å². The van der Waals surface area contributed by atoms with Gasteiger partial charge in [0.2, 0.25) is 0 Å². The average molecular weight is 177 g/mol. The summed E-state index contributed by atoms with van der Waals surface area (Å²) in [5.74, 6) is 1.13. The lowest BCUT2D eigenvalue weighted by atomic mass is 10.1. The van der Waals surface area contributed by atoms with E-state index in [9.17, 15) is 0 Å². The summed E-state index contributed by atoms with van der Waals surface area (Å²) >= 11 is 0. The van der Waals surface area contributed by atoms with Crippen molar-refractivity contribution in [1.82, 2.24) is 5.32 Å². The van der Waals surface area contributed by atoms with Crippen molar-refractivity contribution in [2.24, 2.45) is 4.99 Å². The second kappa shape index (κ2) is 4.62. The fourth-order valence-electron chi connectivity index (χ4n) is 1.35. The molecule has 0 atom stereocenters. The fourth-order valence-corrected chi connectivity index (χ4v) is 1.35. The smallest absolute Gasteiger partial charge is 0.101 e. The van der Waals surface area contributed by atoms with Gasteiger partial charge in [0, 0.05) is 13.0 Å². The van der Waals surface area contributed by atoms with E-state index in [1.807, 2.05) is 6.07 Å². The van der Waals surface area contributed by atoms with E-state index < -0.39 is 0 Å². The average Bonchev–Trinajstić information content (AvgIpc) is 2.59. The summed E-state index contributed by atoms with van der Waals surface area (Å²) < 4.78 is 0. The standard InChI is InChI=1S/C10H12N2.HO/c1-2-4-9(5-3-1)8-10-11-6-7-12-10;/h1-5H,6-8H2,(H,11,12);1H. The van der Waals surface area contributed by atoms with Gasteiger partial charge in [0.1, 0.15) is 5.84 Å². The first-order valence-electron chi connectivity index (χ1n) is 4.26. The molecule has 2 N–H and O–H groups in total. The van der Waals surface area contributed by atoms with E-state index in [0.717, 1.165) is 25.3 Å². The Hall–Kier alpha value is -1.35. The summed E-state index contributed by atoms with van der Waals surface area (Å²) in [7, 11) is 0. The van der Waals surface area contributed by atoms with Gasteiger partial charge in [-0.25, -0.2) is 0 Å². The van der Waals surface area contributed by atoms with E-state index in [0.29, 0.717) is 0 Å². The molecule has 0 unspecified atom stereocenters. The summed E-state index contributed by atoms with van der Waals surface area (Å²) in [6.45, 7) is 1.93. The van der Waals surface area contributed by atoms with Crippen LogP contribution in [0.3, 0.4) is 0 Å². The number of rotatable bonds is 2. The molecule has 3 heteroatoms. The second-order valence-corrected chi connectivity index (χ2v) is 2.92. The van der Waals surface area contributed by atoms with Crippen LogP contribution in [-0.4, -0.2) is 24.4 Å². The first-order chi connectivity index (χ1) is 5.95. The number of hydrogen-bond donors (Lipinski definition) is 2. The number of benzene rings is 1. The lowest BCUT2D eigenvalue weighted by molar-refractivity contribution is 0.824. The van der Waals surface area contributed by atoms with Crippen molar-refractivity contribution in [3.8, 4) is 0 Å². The van der Waals surface area contributed by atoms with Gasteiger partial charge in [0.15, 0.2) is 0 Å². The van der Waals surface area contributed by atoms with Crippen LogP contribution in [0, 0.1) is 0 Å². The molecule has 0 bridgehead atoms. The highest BCUT2D eigenvalue weighted by atomic mass is 16.0. The Labute approximate surface area is 77.8 Å². The molecule has 13 heavy (non-hydrogen) atoms. The van der Waals surface area contributed by atoms with E-state index in [4.69, 9.17) is 0 Å². The molecule has 1 heterocycles. The van der Waals surface area contributed by atoms with Crippen LogP contribution in [0.5, 0.6) is 0 Å². The molecule has 1 aromatic rings. The van der Waals surface area contributed by atoms with Crippen LogP contribution < -0.4 is 5.32 Å². The Bertz CT molecular complexity index is 282. The zero-order chi connectivity index (χ0) is 8.23. The summed E-state index contributed by atoms with van der Waals surface area (Å²) in [6, 6.07) is 10.4. The van der Waals surface area contributed by atoms with E-state index in [-0.39, 0.29) is 5.48 Å². The van der Waals surface area contributed by atoms with Crippen molar-refractivity contribution in [2.75, 3.05) is 13.1 Å². The summed E-state index contributed by atoms with van der Waals surface area (Å²) in [4.78, 5) is 4.34. The third-order valence-electron chi connectivity index (χ3n) is 1.96. The van der Waals surface area contributed by atoms with Crippen molar-refractivity contribution in [1.29, 1.82) is 0 Å². The van der Waals surface area contributed by atoms with Crippen LogP contribution in [-0.2, 0) is 6.42 Å². The van der Waals surface area contributed by atoms with Crippen LogP contribution in [0.15, 0.2) is 35.3 Å². The van der Waals surface area contributed by atoms with Gasteiger partial charge in [0.25, 0.3) is 0 Å². The van der Waals surface area contributed by atoms with Gasteiger partial charge in [-0.3, -0.25) is 10.5 Å². The zero-order valence-corrected chi connectivity index (χ0v) is 7.40. The SMILES string of the molecule is [OH].c1ccc(CC2=NCCN2)cc1. The molecule has 0 saturated heterocycles. The molecule has 1 aliphatic heterocycles. The fraction of sp³-hybridized carbons (Fsp3) is 0.300. The van der Waals surface area contributed by atoms with Gasteiger partial charge in [-0.1, -0.05) is 30.3 Å². The number of aliphatic imine (C=N–C) groups is 1. The third kappa shape index (κ3) is 2.56. The van der Waals surface area contributed by atoms with Crippen molar-refractivity contribution < 1.29 is 5.48 Å². The molecule has 0 amide bonds. The van der Waals surface area contributed by atoms with Crippen LogP contribution in [0.1, 0.15) is 5.56 Å². The van der Waals surface area contributed by atoms with E-state index in [2.05, 4.69) is 34.6 Å². The molecular formula is C10H13N2O. The summed E-state index contributed by atoms with van der Waals surface area (Å²) in [5, 5.41) is 3.26. The predicted molar refractivity (Wildman–Crippen MR) is 52.4 cm³/mol. The quantitative estimate of drug-likeness (QED) is 0.697. The third-order valence-corrected chi connectivity index (χ3v) is 1.96. The van der Waals surface area contributed by atoms with Crippen LogP contribution in [0.25, 0.3) is 0 Å². The highest BCUT2D eigenvalue weighted by molar-refractivity contribution is 5.85. The van der Waals surface area contributed by atoms with Gasteiger partial charge in [-0.05, 0) is 5.56 Å². The number of hydrogen-bond acceptors (Lipinski definition) is 2. The van der Waals surface area contributed by atoms with E-state index >= 15 is 0 Å². The van der Waals surface area contributed by atoms with Gasteiger partial charge < -0.3 is 5.32 Å². The van der Waals surface area contributed by atoms with Gasteiger partial charge in [-0.2, -0.15) is 0 Å². The first-order valence-corrected chi connectivity index (χ1v) is 4.26. The molecule has 0 aliphatic carbocycles. The summed E-state index contributed by atoms with van der Waals surface area (Å²) in [6.07, 6.45) is 0.945. The van der Waals surface area contributed by atoms with Gasteiger partial charge in [0.05, 0.1) is 6.54 Å². The largest absolute Gasteiger partial charge is 0.372 e. The van der Waals surface area contributed by atoms with Gasteiger partial charge >= 0.3 is 0 Å². The first kappa shape index (κ1) is 9.74. The zero-order valence-electron chi connectivity index (χ0n) is 7.40. The Kier molecular flexibility index (Phi) is 3.46. The monoisotopic (exact) mass is 177 g/mol. The number of nitrogens with one attached hydrogen (secondary N) is 1. The highest BCUT2D eigenvalue weighted by Crippen LogP contribution is 2.01. The maximum Gasteiger partial charge on any atom is 0.101 e. The lowest BCUT2D eigenvalue weighted by Crippen LogP contribution is -2.20. The van der Waals surface area contributed by atoms with Crippen molar-refractivity contribution in [3.05, 3.63) is 35.9 Å². The number of nitrogens with zero attached hydrogens (tertiary/aromatic N) is 1. The topological polar surface area (TPSA) is 54.4 Å². The molecule has 0 spiro atoms. The van der Waals surface area contributed by atoms with Crippen LogP contribution >= 0.6 is 0 Å². The Balaban J connectivity index is 0.000000845. The van der Waals surface area contributed by atoms with Gasteiger partial charge in [-0.15, -0.1) is 0 Å². The molecule has 3 nitrogen and oxygen atoms in total. The molecule has 0 aromatic heterocycles.